The minimum absolute atomic E-state index is 0.0152. The van der Waals surface area contributed by atoms with Crippen LogP contribution in [0, 0.1) is 11.6 Å². The number of anilines is 3. The Morgan fingerprint density at radius 1 is 1.26 bits per heavy atom. The van der Waals surface area contributed by atoms with Gasteiger partial charge in [-0.05, 0) is 19.1 Å². The SMILES string of the molecule is CCOc1nc(N)nc(Nc2ccc(F)cc2F)n1. The van der Waals surface area contributed by atoms with Crippen LogP contribution in [0.1, 0.15) is 6.92 Å². The molecule has 0 aliphatic carbocycles. The van der Waals surface area contributed by atoms with Crippen LogP contribution in [0.3, 0.4) is 0 Å². The molecule has 0 spiro atoms. The quantitative estimate of drug-likeness (QED) is 0.879. The molecular formula is C11H11F2N5O. The fourth-order valence-corrected chi connectivity index (χ4v) is 1.33. The topological polar surface area (TPSA) is 86.0 Å². The van der Waals surface area contributed by atoms with E-state index in [-0.39, 0.29) is 23.6 Å². The van der Waals surface area contributed by atoms with E-state index in [4.69, 9.17) is 10.5 Å². The first-order valence-electron chi connectivity index (χ1n) is 5.45. The van der Waals surface area contributed by atoms with Crippen LogP contribution in [0.15, 0.2) is 18.2 Å². The molecule has 8 heteroatoms. The van der Waals surface area contributed by atoms with Crippen LogP contribution in [0.4, 0.5) is 26.4 Å². The largest absolute Gasteiger partial charge is 0.464 e. The first-order valence-corrected chi connectivity index (χ1v) is 5.45. The number of hydrogen-bond acceptors (Lipinski definition) is 6. The van der Waals surface area contributed by atoms with Gasteiger partial charge in [-0.2, -0.15) is 15.0 Å². The van der Waals surface area contributed by atoms with Crippen LogP contribution in [-0.2, 0) is 0 Å². The number of benzene rings is 1. The number of rotatable bonds is 4. The lowest BCUT2D eigenvalue weighted by atomic mass is 10.3. The Bertz CT molecular complexity index is 593. The highest BCUT2D eigenvalue weighted by atomic mass is 19.1. The number of nitrogens with zero attached hydrogens (tertiary/aromatic N) is 3. The molecule has 0 bridgehead atoms. The Kier molecular flexibility index (Phi) is 3.69. The maximum Gasteiger partial charge on any atom is 0.323 e. The average molecular weight is 267 g/mol. The summed E-state index contributed by atoms with van der Waals surface area (Å²) in [5.74, 6) is -1.49. The summed E-state index contributed by atoms with van der Waals surface area (Å²) in [6.07, 6.45) is 0. The molecule has 6 nitrogen and oxygen atoms in total. The zero-order chi connectivity index (χ0) is 13.8. The highest BCUT2D eigenvalue weighted by Gasteiger charge is 2.08. The summed E-state index contributed by atoms with van der Waals surface area (Å²) in [6, 6.07) is 3.11. The van der Waals surface area contributed by atoms with Crippen molar-refractivity contribution >= 4 is 17.6 Å². The van der Waals surface area contributed by atoms with Gasteiger partial charge in [0.2, 0.25) is 11.9 Å². The van der Waals surface area contributed by atoms with E-state index in [0.717, 1.165) is 12.1 Å². The molecule has 0 aliphatic heterocycles. The van der Waals surface area contributed by atoms with E-state index in [2.05, 4.69) is 20.3 Å². The lowest BCUT2D eigenvalue weighted by Crippen LogP contribution is -2.07. The van der Waals surface area contributed by atoms with Gasteiger partial charge in [-0.15, -0.1) is 0 Å². The maximum atomic E-state index is 13.4. The second-order valence-electron chi connectivity index (χ2n) is 3.48. The van der Waals surface area contributed by atoms with Crippen molar-refractivity contribution in [1.82, 2.24) is 15.0 Å². The number of nitrogen functional groups attached to an aromatic ring is 1. The van der Waals surface area contributed by atoms with Crippen LogP contribution in [0.25, 0.3) is 0 Å². The number of hydrogen-bond donors (Lipinski definition) is 2. The molecule has 1 aromatic heterocycles. The fourth-order valence-electron chi connectivity index (χ4n) is 1.33. The molecule has 0 saturated heterocycles. The Hall–Kier alpha value is -2.51. The molecule has 0 atom stereocenters. The maximum absolute atomic E-state index is 13.4. The van der Waals surface area contributed by atoms with Crippen LogP contribution in [-0.4, -0.2) is 21.6 Å². The molecular weight excluding hydrogens is 256 g/mol. The first-order chi connectivity index (χ1) is 9.08. The second-order valence-corrected chi connectivity index (χ2v) is 3.48. The molecule has 3 N–H and O–H groups in total. The van der Waals surface area contributed by atoms with Crippen LogP contribution in [0.2, 0.25) is 0 Å². The number of aromatic nitrogens is 3. The molecule has 1 heterocycles. The fraction of sp³-hybridized carbons (Fsp3) is 0.182. The molecule has 19 heavy (non-hydrogen) atoms. The molecule has 0 aliphatic rings. The monoisotopic (exact) mass is 267 g/mol. The molecule has 0 amide bonds. The van der Waals surface area contributed by atoms with Crippen molar-refractivity contribution in [1.29, 1.82) is 0 Å². The summed E-state index contributed by atoms with van der Waals surface area (Å²) in [7, 11) is 0. The van der Waals surface area contributed by atoms with E-state index in [9.17, 15) is 8.78 Å². The molecule has 0 saturated carbocycles. The number of nitrogens with one attached hydrogen (secondary N) is 1. The van der Waals surface area contributed by atoms with E-state index in [0.29, 0.717) is 6.61 Å². The number of halogens is 2. The minimum atomic E-state index is -0.767. The number of ether oxygens (including phenoxy) is 1. The van der Waals surface area contributed by atoms with Gasteiger partial charge in [0, 0.05) is 6.07 Å². The van der Waals surface area contributed by atoms with Gasteiger partial charge >= 0.3 is 6.01 Å². The van der Waals surface area contributed by atoms with Crippen LogP contribution >= 0.6 is 0 Å². The normalized spacial score (nSPS) is 10.3. The van der Waals surface area contributed by atoms with E-state index >= 15 is 0 Å². The number of nitrogens with two attached hydrogens (primary N) is 1. The third-order valence-electron chi connectivity index (χ3n) is 2.08. The van der Waals surface area contributed by atoms with Gasteiger partial charge in [0.05, 0.1) is 12.3 Å². The van der Waals surface area contributed by atoms with Gasteiger partial charge in [-0.25, -0.2) is 8.78 Å². The Labute approximate surface area is 107 Å². The lowest BCUT2D eigenvalue weighted by molar-refractivity contribution is 0.312. The Morgan fingerprint density at radius 3 is 2.74 bits per heavy atom. The zero-order valence-corrected chi connectivity index (χ0v) is 10.0. The minimum Gasteiger partial charge on any atom is -0.464 e. The molecule has 2 aromatic rings. The van der Waals surface area contributed by atoms with Gasteiger partial charge in [0.25, 0.3) is 0 Å². The lowest BCUT2D eigenvalue weighted by Gasteiger charge is -2.08. The smallest absolute Gasteiger partial charge is 0.323 e. The standard InChI is InChI=1S/C11H11F2N5O/c1-2-19-11-17-9(14)16-10(18-11)15-8-4-3-6(12)5-7(8)13/h3-5H,2H2,1H3,(H3,14,15,16,17,18). The molecule has 0 radical (unpaired) electrons. The Balaban J connectivity index is 2.27. The van der Waals surface area contributed by atoms with Crippen molar-refractivity contribution in [3.05, 3.63) is 29.8 Å². The van der Waals surface area contributed by atoms with E-state index in [1.807, 2.05) is 0 Å². The van der Waals surface area contributed by atoms with Gasteiger partial charge in [0.15, 0.2) is 0 Å². The van der Waals surface area contributed by atoms with E-state index in [1.165, 1.54) is 6.07 Å². The van der Waals surface area contributed by atoms with Gasteiger partial charge in [-0.3, -0.25) is 0 Å². The summed E-state index contributed by atoms with van der Waals surface area (Å²) in [5.41, 5.74) is 5.49. The van der Waals surface area contributed by atoms with Crippen molar-refractivity contribution < 1.29 is 13.5 Å². The molecule has 0 unspecified atom stereocenters. The summed E-state index contributed by atoms with van der Waals surface area (Å²) >= 11 is 0. The van der Waals surface area contributed by atoms with Crippen molar-refractivity contribution in [3.8, 4) is 6.01 Å². The van der Waals surface area contributed by atoms with E-state index < -0.39 is 11.6 Å². The first kappa shape index (κ1) is 12.9. The summed E-state index contributed by atoms with van der Waals surface area (Å²) in [5, 5.41) is 2.58. The third-order valence-corrected chi connectivity index (χ3v) is 2.08. The van der Waals surface area contributed by atoms with Crippen molar-refractivity contribution in [2.45, 2.75) is 6.92 Å². The second kappa shape index (κ2) is 5.42. The average Bonchev–Trinajstić information content (AvgIpc) is 2.32. The zero-order valence-electron chi connectivity index (χ0n) is 10.0. The van der Waals surface area contributed by atoms with Crippen LogP contribution < -0.4 is 15.8 Å². The summed E-state index contributed by atoms with van der Waals surface area (Å²) < 4.78 is 31.3. The Morgan fingerprint density at radius 2 is 2.05 bits per heavy atom. The molecule has 100 valence electrons. The highest BCUT2D eigenvalue weighted by molar-refractivity contribution is 5.54. The van der Waals surface area contributed by atoms with Gasteiger partial charge in [0.1, 0.15) is 11.6 Å². The predicted molar refractivity (Wildman–Crippen MR) is 65.0 cm³/mol. The van der Waals surface area contributed by atoms with Crippen molar-refractivity contribution in [2.75, 3.05) is 17.7 Å². The molecule has 2 rings (SSSR count). The summed E-state index contributed by atoms with van der Waals surface area (Å²) in [6.45, 7) is 2.11. The molecule has 0 fully saturated rings. The summed E-state index contributed by atoms with van der Waals surface area (Å²) in [4.78, 5) is 11.4. The van der Waals surface area contributed by atoms with Gasteiger partial charge < -0.3 is 15.8 Å². The molecule has 1 aromatic carbocycles. The van der Waals surface area contributed by atoms with E-state index in [1.54, 1.807) is 6.92 Å². The van der Waals surface area contributed by atoms with Crippen LogP contribution in [0.5, 0.6) is 6.01 Å². The van der Waals surface area contributed by atoms with Crippen molar-refractivity contribution in [2.24, 2.45) is 0 Å². The van der Waals surface area contributed by atoms with Crippen molar-refractivity contribution in [3.63, 3.8) is 0 Å². The van der Waals surface area contributed by atoms with Gasteiger partial charge in [-0.1, -0.05) is 0 Å². The third kappa shape index (κ3) is 3.24. The predicted octanol–water partition coefficient (Wildman–Crippen LogP) is 1.87. The highest BCUT2D eigenvalue weighted by Crippen LogP contribution is 2.19.